The van der Waals surface area contributed by atoms with Crippen LogP contribution in [0.4, 0.5) is 5.69 Å². The minimum Gasteiger partial charge on any atom is -0.497 e. The van der Waals surface area contributed by atoms with Crippen LogP contribution in [-0.2, 0) is 16.0 Å². The van der Waals surface area contributed by atoms with Gasteiger partial charge in [-0.15, -0.1) is 0 Å². The van der Waals surface area contributed by atoms with Gasteiger partial charge in [-0.2, -0.15) is 5.10 Å². The molecule has 9 heteroatoms. The quantitative estimate of drug-likeness (QED) is 0.385. The number of rotatable bonds is 7. The first kappa shape index (κ1) is 24.4. The molecule has 1 fully saturated rings. The Kier molecular flexibility index (Phi) is 6.53. The van der Waals surface area contributed by atoms with Crippen LogP contribution in [0.1, 0.15) is 51.4 Å². The molecule has 0 unspecified atom stereocenters. The Balaban J connectivity index is 1.50. The van der Waals surface area contributed by atoms with Crippen molar-refractivity contribution in [2.24, 2.45) is 0 Å². The third kappa shape index (κ3) is 4.16. The number of amides is 1. The average molecular weight is 507 g/mol. The Morgan fingerprint density at radius 3 is 2.31 bits per heavy atom. The van der Waals surface area contributed by atoms with Gasteiger partial charge in [0.15, 0.2) is 5.69 Å². The molecule has 188 valence electrons. The highest BCUT2D eigenvalue weighted by molar-refractivity contribution is 7.75. The summed E-state index contributed by atoms with van der Waals surface area (Å²) in [5.74, 6) is -0.211. The summed E-state index contributed by atoms with van der Waals surface area (Å²) in [6.45, 7) is 1.46. The number of hydrogen-bond donors (Lipinski definition) is 1. The van der Waals surface area contributed by atoms with E-state index in [1.807, 2.05) is 12.1 Å². The van der Waals surface area contributed by atoms with Gasteiger partial charge in [0.1, 0.15) is 11.4 Å². The maximum atomic E-state index is 13.8. The van der Waals surface area contributed by atoms with Crippen molar-refractivity contribution in [1.29, 1.82) is 0 Å². The molecular weight excluding hydrogens is 476 g/mol. The van der Waals surface area contributed by atoms with Gasteiger partial charge in [-0.1, -0.05) is 18.6 Å². The SMILES string of the molecule is COc1ccc(-n2nc(C(=O)OS)c3c2C(=O)N(c2ccc(C4(CN(C)C)CCC4)cc2)CC3)cc1. The molecule has 8 nitrogen and oxygen atoms in total. The molecule has 2 aromatic carbocycles. The predicted molar refractivity (Wildman–Crippen MR) is 140 cm³/mol. The summed E-state index contributed by atoms with van der Waals surface area (Å²) in [5.41, 5.74) is 4.01. The number of nitrogens with zero attached hydrogens (tertiary/aromatic N) is 4. The van der Waals surface area contributed by atoms with Crippen molar-refractivity contribution in [2.45, 2.75) is 31.1 Å². The van der Waals surface area contributed by atoms with E-state index in [1.54, 1.807) is 36.3 Å². The molecule has 2 aliphatic rings. The number of thiol groups is 1. The Labute approximate surface area is 216 Å². The van der Waals surface area contributed by atoms with E-state index >= 15 is 0 Å². The van der Waals surface area contributed by atoms with Crippen LogP contribution < -0.4 is 9.64 Å². The van der Waals surface area contributed by atoms with Crippen molar-refractivity contribution in [3.63, 3.8) is 0 Å². The Morgan fingerprint density at radius 2 is 1.75 bits per heavy atom. The fraction of sp³-hybridized carbons (Fsp3) is 0.370. The summed E-state index contributed by atoms with van der Waals surface area (Å²) in [4.78, 5) is 30.2. The number of aromatic nitrogens is 2. The van der Waals surface area contributed by atoms with Crippen molar-refractivity contribution in [2.75, 3.05) is 39.2 Å². The summed E-state index contributed by atoms with van der Waals surface area (Å²) in [6.07, 6.45) is 4.08. The summed E-state index contributed by atoms with van der Waals surface area (Å²) in [5, 5.41) is 4.46. The number of fused-ring (bicyclic) bond motifs is 1. The molecule has 1 aliphatic carbocycles. The lowest BCUT2D eigenvalue weighted by molar-refractivity contribution is 0.0764. The van der Waals surface area contributed by atoms with Gasteiger partial charge in [0.2, 0.25) is 0 Å². The standard InChI is InChI=1S/C27H30N4O4S/c1-29(2)17-27(14-4-15-27)18-5-7-19(8-6-18)30-16-13-22-23(26(33)35-36)28-31(24(22)25(30)32)20-9-11-21(34-3)12-10-20/h5-12,36H,4,13-17H2,1-3H3. The Bertz CT molecular complexity index is 1280. The molecule has 1 amide bonds. The lowest BCUT2D eigenvalue weighted by Gasteiger charge is -2.44. The number of benzene rings is 2. The fourth-order valence-corrected chi connectivity index (χ4v) is 5.55. The first-order valence-electron chi connectivity index (χ1n) is 12.1. The van der Waals surface area contributed by atoms with E-state index < -0.39 is 5.97 Å². The molecule has 0 atom stereocenters. The van der Waals surface area contributed by atoms with Crippen LogP contribution in [-0.4, -0.2) is 60.9 Å². The first-order valence-corrected chi connectivity index (χ1v) is 12.4. The van der Waals surface area contributed by atoms with Crippen LogP contribution in [0.3, 0.4) is 0 Å². The molecule has 0 N–H and O–H groups in total. The van der Waals surface area contributed by atoms with Gasteiger partial charge in [0.05, 0.1) is 12.8 Å². The maximum Gasteiger partial charge on any atom is 0.370 e. The number of likely N-dealkylation sites (N-methyl/N-ethyl adjacent to an activating group) is 1. The van der Waals surface area contributed by atoms with Crippen molar-refractivity contribution >= 4 is 30.5 Å². The lowest BCUT2D eigenvalue weighted by atomic mass is 9.64. The molecule has 1 aliphatic heterocycles. The zero-order valence-electron chi connectivity index (χ0n) is 20.7. The number of methoxy groups -OCH3 is 1. The Hall–Kier alpha value is -3.30. The molecule has 2 heterocycles. The van der Waals surface area contributed by atoms with Gasteiger partial charge in [-0.05, 0) is 75.3 Å². The third-order valence-electron chi connectivity index (χ3n) is 7.33. The Morgan fingerprint density at radius 1 is 1.08 bits per heavy atom. The van der Waals surface area contributed by atoms with E-state index in [2.05, 4.69) is 53.3 Å². The van der Waals surface area contributed by atoms with Crippen molar-refractivity contribution < 1.29 is 18.5 Å². The highest BCUT2D eigenvalue weighted by Gasteiger charge is 2.39. The van der Waals surface area contributed by atoms with Crippen molar-refractivity contribution in [3.05, 3.63) is 71.0 Å². The number of anilines is 1. The van der Waals surface area contributed by atoms with E-state index in [0.717, 1.165) is 12.2 Å². The van der Waals surface area contributed by atoms with E-state index in [4.69, 9.17) is 4.74 Å². The van der Waals surface area contributed by atoms with E-state index in [0.29, 0.717) is 35.7 Å². The molecule has 0 saturated heterocycles. The average Bonchev–Trinajstić information content (AvgIpc) is 3.27. The second-order valence-corrected chi connectivity index (χ2v) is 9.97. The lowest BCUT2D eigenvalue weighted by Crippen LogP contribution is -2.43. The van der Waals surface area contributed by atoms with Gasteiger partial charge in [0.25, 0.3) is 5.91 Å². The largest absolute Gasteiger partial charge is 0.497 e. The van der Waals surface area contributed by atoms with Gasteiger partial charge in [-0.25, -0.2) is 9.48 Å². The molecule has 0 bridgehead atoms. The van der Waals surface area contributed by atoms with Crippen molar-refractivity contribution in [3.8, 4) is 11.4 Å². The number of hydrogen-bond acceptors (Lipinski definition) is 7. The summed E-state index contributed by atoms with van der Waals surface area (Å²) < 4.78 is 11.4. The summed E-state index contributed by atoms with van der Waals surface area (Å²) in [7, 11) is 5.82. The molecule has 5 rings (SSSR count). The van der Waals surface area contributed by atoms with E-state index in [1.165, 1.54) is 29.5 Å². The highest BCUT2D eigenvalue weighted by atomic mass is 32.1. The minimum atomic E-state index is -0.681. The van der Waals surface area contributed by atoms with E-state index in [-0.39, 0.29) is 17.0 Å². The van der Waals surface area contributed by atoms with Crippen LogP contribution in [0.25, 0.3) is 5.69 Å². The molecule has 1 saturated carbocycles. The van der Waals surface area contributed by atoms with Crippen LogP contribution in [0.2, 0.25) is 0 Å². The molecular formula is C27H30N4O4S. The third-order valence-corrected chi connectivity index (χ3v) is 7.50. The molecule has 1 aromatic heterocycles. The first-order chi connectivity index (χ1) is 17.4. The molecule has 0 spiro atoms. The van der Waals surface area contributed by atoms with Gasteiger partial charge in [0, 0.05) is 42.7 Å². The van der Waals surface area contributed by atoms with Crippen LogP contribution in [0.5, 0.6) is 5.75 Å². The van der Waals surface area contributed by atoms with Gasteiger partial charge < -0.3 is 18.7 Å². The monoisotopic (exact) mass is 506 g/mol. The number of carbonyl (C=O) groups is 2. The second kappa shape index (κ2) is 9.63. The highest BCUT2D eigenvalue weighted by Crippen LogP contribution is 2.44. The molecule has 36 heavy (non-hydrogen) atoms. The predicted octanol–water partition coefficient (Wildman–Crippen LogP) is 4.07. The van der Waals surface area contributed by atoms with Crippen LogP contribution >= 0.6 is 12.9 Å². The minimum absolute atomic E-state index is 0.106. The zero-order valence-corrected chi connectivity index (χ0v) is 21.6. The summed E-state index contributed by atoms with van der Waals surface area (Å²) in [6, 6.07) is 15.5. The topological polar surface area (TPSA) is 76.9 Å². The number of ether oxygens (including phenoxy) is 1. The van der Waals surface area contributed by atoms with Gasteiger partial charge in [-0.3, -0.25) is 4.79 Å². The maximum absolute atomic E-state index is 13.8. The van der Waals surface area contributed by atoms with Crippen LogP contribution in [0, 0.1) is 0 Å². The van der Waals surface area contributed by atoms with Gasteiger partial charge >= 0.3 is 5.97 Å². The fourth-order valence-electron chi connectivity index (χ4n) is 5.47. The van der Waals surface area contributed by atoms with Crippen LogP contribution in [0.15, 0.2) is 48.5 Å². The van der Waals surface area contributed by atoms with Crippen molar-refractivity contribution in [1.82, 2.24) is 14.7 Å². The second-order valence-electron chi connectivity index (χ2n) is 9.79. The van der Waals surface area contributed by atoms with E-state index in [9.17, 15) is 9.59 Å². The smallest absolute Gasteiger partial charge is 0.370 e. The zero-order chi connectivity index (χ0) is 25.4. The molecule has 3 aromatic rings. The number of carbonyl (C=O) groups excluding carboxylic acids is 2. The molecule has 0 radical (unpaired) electrons. The summed E-state index contributed by atoms with van der Waals surface area (Å²) >= 11 is 3.67. The normalized spacial score (nSPS) is 16.5.